The predicted octanol–water partition coefficient (Wildman–Crippen LogP) is -0.222. The normalized spacial score (nSPS) is 11.8. The van der Waals surface area contributed by atoms with Crippen LogP contribution in [0.3, 0.4) is 0 Å². The molecule has 0 spiro atoms. The molecule has 0 aromatic carbocycles. The summed E-state index contributed by atoms with van der Waals surface area (Å²) in [6.45, 7) is 0.472. The topological polar surface area (TPSA) is 112 Å². The molecule has 8 heteroatoms. The maximum atomic E-state index is 11.2. The van der Waals surface area contributed by atoms with E-state index in [1.54, 1.807) is 11.7 Å². The van der Waals surface area contributed by atoms with Gasteiger partial charge >= 0.3 is 12.0 Å². The molecule has 0 aliphatic rings. The third-order valence-electron chi connectivity index (χ3n) is 1.90. The highest BCUT2D eigenvalue weighted by Crippen LogP contribution is 2.03. The Balaban J connectivity index is 2.11. The third kappa shape index (κ3) is 5.27. The zero-order valence-corrected chi connectivity index (χ0v) is 9.74. The van der Waals surface area contributed by atoms with E-state index < -0.39 is 18.1 Å². The summed E-state index contributed by atoms with van der Waals surface area (Å²) >= 11 is 1.43. The summed E-state index contributed by atoms with van der Waals surface area (Å²) < 4.78 is 0. The van der Waals surface area contributed by atoms with Crippen LogP contribution in [0.25, 0.3) is 0 Å². The van der Waals surface area contributed by atoms with Gasteiger partial charge in [-0.2, -0.15) is 0 Å². The van der Waals surface area contributed by atoms with Gasteiger partial charge in [0.1, 0.15) is 0 Å². The first kappa shape index (κ1) is 13.4. The molecule has 1 rings (SSSR count). The van der Waals surface area contributed by atoms with Gasteiger partial charge in [0.05, 0.1) is 12.1 Å². The summed E-state index contributed by atoms with van der Waals surface area (Å²) in [5, 5.41) is 22.4. The second-order valence-corrected chi connectivity index (χ2v) is 4.19. The molecule has 0 saturated heterocycles. The van der Waals surface area contributed by atoms with Gasteiger partial charge in [0, 0.05) is 24.0 Å². The van der Waals surface area contributed by atoms with Crippen molar-refractivity contribution in [2.45, 2.75) is 19.1 Å². The molecule has 1 unspecified atom stereocenters. The molecular weight excluding hydrogens is 246 g/mol. The lowest BCUT2D eigenvalue weighted by Crippen LogP contribution is -2.37. The van der Waals surface area contributed by atoms with E-state index in [0.29, 0.717) is 6.54 Å². The van der Waals surface area contributed by atoms with Crippen molar-refractivity contribution in [2.75, 3.05) is 6.54 Å². The highest BCUT2D eigenvalue weighted by Gasteiger charge is 2.12. The monoisotopic (exact) mass is 259 g/mol. The van der Waals surface area contributed by atoms with E-state index in [4.69, 9.17) is 10.2 Å². The largest absolute Gasteiger partial charge is 0.479 e. The van der Waals surface area contributed by atoms with E-state index >= 15 is 0 Å². The molecule has 0 radical (unpaired) electrons. The Morgan fingerprint density at radius 3 is 2.82 bits per heavy atom. The molecule has 2 amide bonds. The van der Waals surface area contributed by atoms with Gasteiger partial charge in [-0.1, -0.05) is 0 Å². The number of amides is 2. The minimum absolute atomic E-state index is 0.0245. The van der Waals surface area contributed by atoms with Crippen LogP contribution < -0.4 is 10.6 Å². The highest BCUT2D eigenvalue weighted by molar-refractivity contribution is 7.09. The number of carboxylic acids is 1. The fourth-order valence-corrected chi connectivity index (χ4v) is 1.54. The molecule has 1 aromatic heterocycles. The number of aliphatic hydroxyl groups excluding tert-OH is 1. The number of nitrogens with one attached hydrogen (secondary N) is 2. The molecule has 0 aliphatic heterocycles. The Morgan fingerprint density at radius 1 is 1.47 bits per heavy atom. The average Bonchev–Trinajstić information content (AvgIpc) is 2.78. The molecule has 0 fully saturated rings. The van der Waals surface area contributed by atoms with Gasteiger partial charge in [-0.15, -0.1) is 11.3 Å². The summed E-state index contributed by atoms with van der Waals surface area (Å²) in [5.74, 6) is -1.29. The summed E-state index contributed by atoms with van der Waals surface area (Å²) in [6.07, 6.45) is 0.180. The van der Waals surface area contributed by atoms with Crippen molar-refractivity contribution in [3.05, 3.63) is 16.6 Å². The van der Waals surface area contributed by atoms with Crippen molar-refractivity contribution in [2.24, 2.45) is 0 Å². The van der Waals surface area contributed by atoms with Crippen LogP contribution in [0.15, 0.2) is 11.7 Å². The zero-order valence-electron chi connectivity index (χ0n) is 8.92. The number of nitrogens with zero attached hydrogens (tertiary/aromatic N) is 1. The van der Waals surface area contributed by atoms with Crippen LogP contribution in [0.4, 0.5) is 4.79 Å². The number of aliphatic hydroxyl groups is 1. The molecule has 1 heterocycles. The maximum absolute atomic E-state index is 11.2. The smallest absolute Gasteiger partial charge is 0.332 e. The van der Waals surface area contributed by atoms with E-state index in [1.165, 1.54) is 11.3 Å². The SMILES string of the molecule is O=C(NCCC(O)C(=O)O)NCc1cncs1. The number of thiazole rings is 1. The fraction of sp³-hybridized carbons (Fsp3) is 0.444. The van der Waals surface area contributed by atoms with Crippen molar-refractivity contribution in [3.63, 3.8) is 0 Å². The first-order chi connectivity index (χ1) is 8.09. The minimum atomic E-state index is -1.45. The van der Waals surface area contributed by atoms with E-state index in [-0.39, 0.29) is 13.0 Å². The van der Waals surface area contributed by atoms with Crippen LogP contribution in [-0.4, -0.2) is 39.8 Å². The number of carboxylic acid groups (broad SMARTS) is 1. The Bertz CT molecular complexity index is 368. The number of urea groups is 1. The molecule has 0 saturated carbocycles. The molecule has 17 heavy (non-hydrogen) atoms. The molecule has 7 nitrogen and oxygen atoms in total. The van der Waals surface area contributed by atoms with E-state index in [1.807, 2.05) is 0 Å². The Morgan fingerprint density at radius 2 is 2.24 bits per heavy atom. The second kappa shape index (κ2) is 6.81. The van der Waals surface area contributed by atoms with Crippen LogP contribution in [-0.2, 0) is 11.3 Å². The van der Waals surface area contributed by atoms with Crippen molar-refractivity contribution >= 4 is 23.3 Å². The van der Waals surface area contributed by atoms with Crippen LogP contribution >= 0.6 is 11.3 Å². The molecule has 1 aromatic rings. The van der Waals surface area contributed by atoms with Gasteiger partial charge in [0.15, 0.2) is 6.10 Å². The Hall–Kier alpha value is -1.67. The van der Waals surface area contributed by atoms with Crippen LogP contribution in [0, 0.1) is 0 Å². The number of carbonyl (C=O) groups is 2. The number of hydrogen-bond acceptors (Lipinski definition) is 5. The zero-order chi connectivity index (χ0) is 12.7. The third-order valence-corrected chi connectivity index (χ3v) is 2.67. The lowest BCUT2D eigenvalue weighted by atomic mass is 10.2. The van der Waals surface area contributed by atoms with Crippen LogP contribution in [0.1, 0.15) is 11.3 Å². The Kier molecular flexibility index (Phi) is 5.37. The van der Waals surface area contributed by atoms with Crippen LogP contribution in [0.5, 0.6) is 0 Å². The van der Waals surface area contributed by atoms with Gasteiger partial charge in [-0.3, -0.25) is 4.98 Å². The summed E-state index contributed by atoms with van der Waals surface area (Å²) in [4.78, 5) is 26.3. The van der Waals surface area contributed by atoms with E-state index in [9.17, 15) is 9.59 Å². The van der Waals surface area contributed by atoms with Crippen LogP contribution in [0.2, 0.25) is 0 Å². The summed E-state index contributed by atoms with van der Waals surface area (Å²) in [6, 6.07) is -0.406. The van der Waals surface area contributed by atoms with Crippen molar-refractivity contribution in [1.29, 1.82) is 0 Å². The average molecular weight is 259 g/mol. The fourth-order valence-electron chi connectivity index (χ4n) is 1.01. The lowest BCUT2D eigenvalue weighted by Gasteiger charge is -2.08. The number of rotatable bonds is 6. The van der Waals surface area contributed by atoms with Gasteiger partial charge in [0.2, 0.25) is 0 Å². The lowest BCUT2D eigenvalue weighted by molar-refractivity contribution is -0.146. The quantitative estimate of drug-likeness (QED) is 0.564. The standard InChI is InChI=1S/C9H13N3O4S/c13-7(8(14)15)1-2-11-9(16)12-4-6-3-10-5-17-6/h3,5,7,13H,1-2,4H2,(H,14,15)(H2,11,12,16). The van der Waals surface area contributed by atoms with Gasteiger partial charge in [0.25, 0.3) is 0 Å². The molecule has 0 bridgehead atoms. The number of carbonyl (C=O) groups excluding carboxylic acids is 1. The first-order valence-electron chi connectivity index (χ1n) is 4.89. The van der Waals surface area contributed by atoms with E-state index in [2.05, 4.69) is 15.6 Å². The first-order valence-corrected chi connectivity index (χ1v) is 5.77. The molecule has 0 aliphatic carbocycles. The van der Waals surface area contributed by atoms with E-state index in [0.717, 1.165) is 4.88 Å². The number of hydrogen-bond donors (Lipinski definition) is 4. The minimum Gasteiger partial charge on any atom is -0.479 e. The molecular formula is C9H13N3O4S. The summed E-state index contributed by atoms with van der Waals surface area (Å²) in [7, 11) is 0. The van der Waals surface area contributed by atoms with Crippen molar-refractivity contribution in [3.8, 4) is 0 Å². The molecule has 4 N–H and O–H groups in total. The second-order valence-electron chi connectivity index (χ2n) is 3.22. The van der Waals surface area contributed by atoms with Gasteiger partial charge < -0.3 is 20.8 Å². The number of aliphatic carboxylic acids is 1. The molecule has 94 valence electrons. The highest BCUT2D eigenvalue weighted by atomic mass is 32.1. The maximum Gasteiger partial charge on any atom is 0.332 e. The van der Waals surface area contributed by atoms with Gasteiger partial charge in [-0.05, 0) is 0 Å². The Labute approximate surface area is 101 Å². The number of aromatic nitrogens is 1. The van der Waals surface area contributed by atoms with Crippen molar-refractivity contribution < 1.29 is 19.8 Å². The van der Waals surface area contributed by atoms with Gasteiger partial charge in [-0.25, -0.2) is 9.59 Å². The molecule has 1 atom stereocenters. The predicted molar refractivity (Wildman–Crippen MR) is 60.6 cm³/mol. The summed E-state index contributed by atoms with van der Waals surface area (Å²) in [5.41, 5.74) is 1.66. The van der Waals surface area contributed by atoms with Crippen molar-refractivity contribution in [1.82, 2.24) is 15.6 Å².